The van der Waals surface area contributed by atoms with Crippen molar-refractivity contribution in [2.75, 3.05) is 5.32 Å². The number of anilines is 1. The summed E-state index contributed by atoms with van der Waals surface area (Å²) in [6, 6.07) is 15.4. The molecule has 1 amide bonds. The second-order valence-corrected chi connectivity index (χ2v) is 7.50. The number of aromatic nitrogens is 1. The molecule has 0 saturated carbocycles. The van der Waals surface area contributed by atoms with Crippen LogP contribution in [0.4, 0.5) is 5.13 Å². The van der Waals surface area contributed by atoms with Crippen molar-refractivity contribution in [2.45, 2.75) is 19.3 Å². The summed E-state index contributed by atoms with van der Waals surface area (Å²) in [5, 5.41) is 15.1. The minimum atomic E-state index is -0.619. The normalized spacial score (nSPS) is 21.7. The molecule has 3 aromatic rings. The van der Waals surface area contributed by atoms with Crippen LogP contribution in [0, 0.1) is 5.41 Å². The van der Waals surface area contributed by atoms with E-state index in [1.165, 1.54) is 22.5 Å². The van der Waals surface area contributed by atoms with Gasteiger partial charge in [-0.1, -0.05) is 36.4 Å². The summed E-state index contributed by atoms with van der Waals surface area (Å²) in [6.45, 7) is 2.01. The lowest BCUT2D eigenvalue weighted by molar-refractivity contribution is -0.125. The SMILES string of the molecule is C[C@@]1(C(=O)Nc2nccs2)Cc2ccccc2[C@@H]1c1ccc(O)cc1. The number of phenolic OH excluding ortho intramolecular Hbond substituents is 1. The number of nitrogens with zero attached hydrogens (tertiary/aromatic N) is 1. The fourth-order valence-electron chi connectivity index (χ4n) is 3.77. The third-order valence-electron chi connectivity index (χ3n) is 4.96. The van der Waals surface area contributed by atoms with Crippen LogP contribution in [0.2, 0.25) is 0 Å². The third-order valence-corrected chi connectivity index (χ3v) is 5.65. The minimum absolute atomic E-state index is 0.0308. The summed E-state index contributed by atoms with van der Waals surface area (Å²) in [4.78, 5) is 17.3. The number of nitrogens with one attached hydrogen (secondary N) is 1. The van der Waals surface area contributed by atoms with Gasteiger partial charge in [0.05, 0.1) is 5.41 Å². The Morgan fingerprint density at radius 2 is 2.00 bits per heavy atom. The highest BCUT2D eigenvalue weighted by Crippen LogP contribution is 2.51. The molecule has 0 unspecified atom stereocenters. The number of rotatable bonds is 3. The van der Waals surface area contributed by atoms with E-state index in [0.717, 1.165) is 5.56 Å². The fraction of sp³-hybridized carbons (Fsp3) is 0.200. The molecule has 0 fully saturated rings. The zero-order valence-corrected chi connectivity index (χ0v) is 14.6. The first-order chi connectivity index (χ1) is 12.1. The average molecular weight is 350 g/mol. The van der Waals surface area contributed by atoms with Gasteiger partial charge < -0.3 is 10.4 Å². The van der Waals surface area contributed by atoms with Crippen molar-refractivity contribution in [1.82, 2.24) is 4.98 Å². The predicted molar refractivity (Wildman–Crippen MR) is 98.9 cm³/mol. The molecule has 0 aliphatic heterocycles. The number of hydrogen-bond donors (Lipinski definition) is 2. The standard InChI is InChI=1S/C20H18N2O2S/c1-20(18(24)22-19-21-10-11-25-19)12-14-4-2-3-5-16(14)17(20)13-6-8-15(23)9-7-13/h2-11,17,23H,12H2,1H3,(H,21,22,24)/t17-,20+/m0/s1. The maximum Gasteiger partial charge on any atom is 0.233 e. The first kappa shape index (κ1) is 15.8. The molecular formula is C20H18N2O2S. The molecule has 25 heavy (non-hydrogen) atoms. The quantitative estimate of drug-likeness (QED) is 0.745. The predicted octanol–water partition coefficient (Wildman–Crippen LogP) is 4.18. The van der Waals surface area contributed by atoms with Crippen molar-refractivity contribution in [3.8, 4) is 5.75 Å². The maximum atomic E-state index is 13.2. The number of hydrogen-bond acceptors (Lipinski definition) is 4. The molecule has 2 aromatic carbocycles. The van der Waals surface area contributed by atoms with Crippen molar-refractivity contribution in [3.05, 3.63) is 76.8 Å². The van der Waals surface area contributed by atoms with E-state index in [1.807, 2.05) is 36.6 Å². The highest BCUT2D eigenvalue weighted by molar-refractivity contribution is 7.13. The number of amides is 1. The number of phenols is 1. The van der Waals surface area contributed by atoms with Gasteiger partial charge in [-0.05, 0) is 42.2 Å². The number of fused-ring (bicyclic) bond motifs is 1. The average Bonchev–Trinajstić information content (AvgIpc) is 3.21. The summed E-state index contributed by atoms with van der Waals surface area (Å²) in [7, 11) is 0. The molecule has 1 heterocycles. The zero-order valence-electron chi connectivity index (χ0n) is 13.8. The highest BCUT2D eigenvalue weighted by Gasteiger charge is 2.48. The van der Waals surface area contributed by atoms with Crippen LogP contribution in [-0.2, 0) is 11.2 Å². The van der Waals surface area contributed by atoms with Crippen molar-refractivity contribution in [3.63, 3.8) is 0 Å². The van der Waals surface area contributed by atoms with E-state index in [9.17, 15) is 9.90 Å². The van der Waals surface area contributed by atoms with Crippen molar-refractivity contribution < 1.29 is 9.90 Å². The van der Waals surface area contributed by atoms with Gasteiger partial charge in [-0.3, -0.25) is 4.79 Å². The Morgan fingerprint density at radius 3 is 2.72 bits per heavy atom. The Balaban J connectivity index is 1.77. The van der Waals surface area contributed by atoms with Gasteiger partial charge in [-0.25, -0.2) is 4.98 Å². The summed E-state index contributed by atoms with van der Waals surface area (Å²) >= 11 is 1.42. The largest absolute Gasteiger partial charge is 0.508 e. The Hall–Kier alpha value is -2.66. The van der Waals surface area contributed by atoms with Gasteiger partial charge in [-0.2, -0.15) is 0 Å². The fourth-order valence-corrected chi connectivity index (χ4v) is 4.29. The van der Waals surface area contributed by atoms with Crippen molar-refractivity contribution in [2.24, 2.45) is 5.41 Å². The van der Waals surface area contributed by atoms with Crippen LogP contribution in [0.1, 0.15) is 29.5 Å². The zero-order chi connectivity index (χ0) is 17.4. The molecule has 5 heteroatoms. The van der Waals surface area contributed by atoms with Crippen LogP contribution in [0.15, 0.2) is 60.1 Å². The Bertz CT molecular complexity index is 906. The smallest absolute Gasteiger partial charge is 0.233 e. The maximum absolute atomic E-state index is 13.2. The monoisotopic (exact) mass is 350 g/mol. The van der Waals surface area contributed by atoms with Crippen LogP contribution in [0.25, 0.3) is 0 Å². The lowest BCUT2D eigenvalue weighted by Crippen LogP contribution is -2.37. The minimum Gasteiger partial charge on any atom is -0.508 e. The second kappa shape index (κ2) is 6.01. The molecule has 0 saturated heterocycles. The van der Waals surface area contributed by atoms with Gasteiger partial charge in [0.1, 0.15) is 5.75 Å². The number of aromatic hydroxyl groups is 1. The molecule has 4 rings (SSSR count). The van der Waals surface area contributed by atoms with Gasteiger partial charge >= 0.3 is 0 Å². The topological polar surface area (TPSA) is 62.2 Å². The molecule has 1 aliphatic rings. The molecular weight excluding hydrogens is 332 g/mol. The highest BCUT2D eigenvalue weighted by atomic mass is 32.1. The third kappa shape index (κ3) is 2.70. The first-order valence-electron chi connectivity index (χ1n) is 8.15. The molecule has 1 aliphatic carbocycles. The number of carbonyl (C=O) groups excluding carboxylic acids is 1. The van der Waals surface area contributed by atoms with E-state index in [0.29, 0.717) is 11.6 Å². The second-order valence-electron chi connectivity index (χ2n) is 6.61. The Labute approximate surface area is 150 Å². The van der Waals surface area contributed by atoms with Gasteiger partial charge in [0.25, 0.3) is 0 Å². The number of carbonyl (C=O) groups is 1. The lowest BCUT2D eigenvalue weighted by atomic mass is 9.73. The first-order valence-corrected chi connectivity index (χ1v) is 9.03. The van der Waals surface area contributed by atoms with Crippen LogP contribution < -0.4 is 5.32 Å². The molecule has 126 valence electrons. The van der Waals surface area contributed by atoms with Gasteiger partial charge in [0.15, 0.2) is 5.13 Å². The summed E-state index contributed by atoms with van der Waals surface area (Å²) in [6.07, 6.45) is 2.36. The van der Waals surface area contributed by atoms with Gasteiger partial charge in [-0.15, -0.1) is 11.3 Å². The summed E-state index contributed by atoms with van der Waals surface area (Å²) in [5.74, 6) is 0.130. The Kier molecular flexibility index (Phi) is 3.81. The van der Waals surface area contributed by atoms with E-state index in [2.05, 4.69) is 22.4 Å². The molecule has 0 radical (unpaired) electrons. The molecule has 2 N–H and O–H groups in total. The molecule has 0 spiro atoms. The lowest BCUT2D eigenvalue weighted by Gasteiger charge is -2.31. The van der Waals surface area contributed by atoms with Gasteiger partial charge in [0, 0.05) is 17.5 Å². The molecule has 2 atom stereocenters. The molecule has 4 nitrogen and oxygen atoms in total. The number of thiazole rings is 1. The van der Waals surface area contributed by atoms with E-state index in [1.54, 1.807) is 18.3 Å². The Morgan fingerprint density at radius 1 is 1.24 bits per heavy atom. The summed E-state index contributed by atoms with van der Waals surface area (Å²) < 4.78 is 0. The van der Waals surface area contributed by atoms with Crippen molar-refractivity contribution in [1.29, 1.82) is 0 Å². The van der Waals surface area contributed by atoms with E-state index in [4.69, 9.17) is 0 Å². The van der Waals surface area contributed by atoms with E-state index in [-0.39, 0.29) is 17.6 Å². The van der Waals surface area contributed by atoms with Crippen LogP contribution in [0.5, 0.6) is 5.75 Å². The molecule has 1 aromatic heterocycles. The van der Waals surface area contributed by atoms with Gasteiger partial charge in [0.2, 0.25) is 5.91 Å². The summed E-state index contributed by atoms with van der Waals surface area (Å²) in [5.41, 5.74) is 2.77. The van der Waals surface area contributed by atoms with Crippen LogP contribution >= 0.6 is 11.3 Å². The molecule has 0 bridgehead atoms. The van der Waals surface area contributed by atoms with Crippen molar-refractivity contribution >= 4 is 22.4 Å². The number of benzene rings is 2. The van der Waals surface area contributed by atoms with E-state index >= 15 is 0 Å². The van der Waals surface area contributed by atoms with Crippen LogP contribution in [0.3, 0.4) is 0 Å². The van der Waals surface area contributed by atoms with E-state index < -0.39 is 5.41 Å². The van der Waals surface area contributed by atoms with Crippen LogP contribution in [-0.4, -0.2) is 16.0 Å².